The van der Waals surface area contributed by atoms with E-state index >= 15 is 0 Å². The van der Waals surface area contributed by atoms with Gasteiger partial charge in [0.2, 0.25) is 0 Å². The number of ether oxygens (including phenoxy) is 1. The first-order chi connectivity index (χ1) is 7.03. The molecule has 3 nitrogen and oxygen atoms in total. The third-order valence-corrected chi connectivity index (χ3v) is 2.14. The first-order valence-corrected chi connectivity index (χ1v) is 6.12. The molecule has 4 heteroatoms. The van der Waals surface area contributed by atoms with E-state index < -0.39 is 11.7 Å². The van der Waals surface area contributed by atoms with Gasteiger partial charge in [0.1, 0.15) is 5.60 Å². The van der Waals surface area contributed by atoms with Crippen molar-refractivity contribution in [2.24, 2.45) is 5.41 Å². The summed E-state index contributed by atoms with van der Waals surface area (Å²) in [5.74, 6) is 0.399. The molecule has 0 aliphatic rings. The lowest BCUT2D eigenvalue weighted by atomic mass is 9.89. The van der Waals surface area contributed by atoms with E-state index in [2.05, 4.69) is 26.1 Å². The molecule has 0 bridgehead atoms. The van der Waals surface area contributed by atoms with Gasteiger partial charge < -0.3 is 10.1 Å². The molecule has 0 spiro atoms. The molecule has 1 N–H and O–H groups in total. The highest BCUT2D eigenvalue weighted by molar-refractivity contribution is 6.18. The topological polar surface area (TPSA) is 38.3 Å². The van der Waals surface area contributed by atoms with Gasteiger partial charge in [0.25, 0.3) is 0 Å². The van der Waals surface area contributed by atoms with Crippen molar-refractivity contribution in [3.63, 3.8) is 0 Å². The Hall–Kier alpha value is -0.440. The Bertz CT molecular complexity index is 228. The standard InChI is InChI=1S/C12H24ClNO2/c1-11(2,3)7-9(8-13)14-10(15)16-12(4,5)6/h9H,7-8H2,1-6H3,(H,14,15). The zero-order valence-electron chi connectivity index (χ0n) is 11.2. The fourth-order valence-corrected chi connectivity index (χ4v) is 1.54. The molecule has 1 atom stereocenters. The predicted molar refractivity (Wildman–Crippen MR) is 67.9 cm³/mol. The van der Waals surface area contributed by atoms with Crippen LogP contribution in [0.4, 0.5) is 4.79 Å². The zero-order valence-corrected chi connectivity index (χ0v) is 11.9. The Balaban J connectivity index is 4.18. The molecular weight excluding hydrogens is 226 g/mol. The first kappa shape index (κ1) is 15.6. The van der Waals surface area contributed by atoms with Crippen molar-refractivity contribution in [2.75, 3.05) is 5.88 Å². The lowest BCUT2D eigenvalue weighted by Crippen LogP contribution is -2.41. The van der Waals surface area contributed by atoms with Gasteiger partial charge in [0.05, 0.1) is 0 Å². The Kier molecular flexibility index (Phi) is 5.60. The number of carbonyl (C=O) groups is 1. The summed E-state index contributed by atoms with van der Waals surface area (Å²) in [6.07, 6.45) is 0.429. The van der Waals surface area contributed by atoms with Crippen LogP contribution in [-0.2, 0) is 4.74 Å². The van der Waals surface area contributed by atoms with E-state index in [1.54, 1.807) is 0 Å². The zero-order chi connectivity index (χ0) is 13.0. The van der Waals surface area contributed by atoms with Gasteiger partial charge in [-0.1, -0.05) is 20.8 Å². The van der Waals surface area contributed by atoms with Gasteiger partial charge in [-0.2, -0.15) is 0 Å². The second-order valence-corrected chi connectivity index (χ2v) is 6.57. The van der Waals surface area contributed by atoms with E-state index in [1.165, 1.54) is 0 Å². The normalized spacial score (nSPS) is 14.4. The number of carbonyl (C=O) groups excluding carboxylic acids is 1. The van der Waals surface area contributed by atoms with Crippen molar-refractivity contribution < 1.29 is 9.53 Å². The lowest BCUT2D eigenvalue weighted by Gasteiger charge is -2.27. The smallest absolute Gasteiger partial charge is 0.407 e. The largest absolute Gasteiger partial charge is 0.444 e. The molecule has 1 unspecified atom stereocenters. The molecule has 0 saturated carbocycles. The fourth-order valence-electron chi connectivity index (χ4n) is 1.36. The number of amides is 1. The molecule has 1 amide bonds. The summed E-state index contributed by atoms with van der Waals surface area (Å²) in [5, 5.41) is 2.79. The van der Waals surface area contributed by atoms with Crippen LogP contribution in [0.2, 0.25) is 0 Å². The van der Waals surface area contributed by atoms with Crippen molar-refractivity contribution in [1.29, 1.82) is 0 Å². The third kappa shape index (κ3) is 8.84. The van der Waals surface area contributed by atoms with Crippen LogP contribution in [0.1, 0.15) is 48.0 Å². The number of halogens is 1. The van der Waals surface area contributed by atoms with Crippen LogP contribution in [0.5, 0.6) is 0 Å². The second-order valence-electron chi connectivity index (χ2n) is 6.26. The maximum Gasteiger partial charge on any atom is 0.407 e. The van der Waals surface area contributed by atoms with Crippen molar-refractivity contribution >= 4 is 17.7 Å². The molecule has 0 saturated heterocycles. The maximum atomic E-state index is 11.5. The molecule has 0 aliphatic carbocycles. The highest BCUT2D eigenvalue weighted by Gasteiger charge is 2.22. The molecule has 0 aromatic rings. The average molecular weight is 250 g/mol. The van der Waals surface area contributed by atoms with Gasteiger partial charge in [0.15, 0.2) is 0 Å². The van der Waals surface area contributed by atoms with Gasteiger partial charge in [-0.05, 0) is 32.6 Å². The van der Waals surface area contributed by atoms with Crippen molar-refractivity contribution in [3.8, 4) is 0 Å². The number of hydrogen-bond acceptors (Lipinski definition) is 2. The summed E-state index contributed by atoms with van der Waals surface area (Å²) in [5.41, 5.74) is -0.336. The monoisotopic (exact) mass is 249 g/mol. The molecule has 96 valence electrons. The second kappa shape index (κ2) is 5.76. The number of alkyl carbamates (subject to hydrolysis) is 1. The molecule has 0 heterocycles. The third-order valence-electron chi connectivity index (χ3n) is 1.77. The summed E-state index contributed by atoms with van der Waals surface area (Å²) in [7, 11) is 0. The van der Waals surface area contributed by atoms with E-state index in [9.17, 15) is 4.79 Å². The molecule has 0 aliphatic heterocycles. The molecule has 16 heavy (non-hydrogen) atoms. The minimum absolute atomic E-state index is 0.0449. The van der Waals surface area contributed by atoms with E-state index in [4.69, 9.17) is 16.3 Å². The van der Waals surface area contributed by atoms with Crippen molar-refractivity contribution in [1.82, 2.24) is 5.32 Å². The Morgan fingerprint density at radius 2 is 1.75 bits per heavy atom. The molecular formula is C12H24ClNO2. The Morgan fingerprint density at radius 1 is 1.25 bits per heavy atom. The van der Waals surface area contributed by atoms with Gasteiger partial charge >= 0.3 is 6.09 Å². The molecule has 0 fully saturated rings. The van der Waals surface area contributed by atoms with E-state index in [0.717, 1.165) is 6.42 Å². The summed E-state index contributed by atoms with van der Waals surface area (Å²) < 4.78 is 5.18. The number of nitrogens with one attached hydrogen (secondary N) is 1. The fraction of sp³-hybridized carbons (Fsp3) is 0.917. The quantitative estimate of drug-likeness (QED) is 0.777. The first-order valence-electron chi connectivity index (χ1n) is 5.59. The Labute approximate surface area is 104 Å². The van der Waals surface area contributed by atoms with Gasteiger partial charge in [-0.15, -0.1) is 11.6 Å². The van der Waals surface area contributed by atoms with Crippen molar-refractivity contribution in [2.45, 2.75) is 59.6 Å². The van der Waals surface area contributed by atoms with Crippen LogP contribution in [0.15, 0.2) is 0 Å². The Morgan fingerprint density at radius 3 is 2.06 bits per heavy atom. The number of hydrogen-bond donors (Lipinski definition) is 1. The van der Waals surface area contributed by atoms with Gasteiger partial charge in [-0.25, -0.2) is 4.79 Å². The molecule has 0 rings (SSSR count). The van der Waals surface area contributed by atoms with Crippen molar-refractivity contribution in [3.05, 3.63) is 0 Å². The van der Waals surface area contributed by atoms with Gasteiger partial charge in [0, 0.05) is 11.9 Å². The van der Waals surface area contributed by atoms with Crippen LogP contribution in [0, 0.1) is 5.41 Å². The SMILES string of the molecule is CC(C)(C)CC(CCl)NC(=O)OC(C)(C)C. The highest BCUT2D eigenvalue weighted by Crippen LogP contribution is 2.21. The van der Waals surface area contributed by atoms with Gasteiger partial charge in [-0.3, -0.25) is 0 Å². The minimum atomic E-state index is -0.470. The number of rotatable bonds is 3. The molecule has 0 aromatic carbocycles. The van der Waals surface area contributed by atoms with Crippen LogP contribution >= 0.6 is 11.6 Å². The summed E-state index contributed by atoms with van der Waals surface area (Å²) in [6.45, 7) is 11.9. The molecule has 0 radical (unpaired) electrons. The summed E-state index contributed by atoms with van der Waals surface area (Å²) >= 11 is 5.82. The lowest BCUT2D eigenvalue weighted by molar-refractivity contribution is 0.0499. The number of alkyl halides is 1. The minimum Gasteiger partial charge on any atom is -0.444 e. The molecule has 0 aromatic heterocycles. The van der Waals surface area contributed by atoms with E-state index in [0.29, 0.717) is 5.88 Å². The van der Waals surface area contributed by atoms with Crippen LogP contribution in [0.25, 0.3) is 0 Å². The van der Waals surface area contributed by atoms with Crippen LogP contribution in [0.3, 0.4) is 0 Å². The predicted octanol–water partition coefficient (Wildman–Crippen LogP) is 3.55. The summed E-state index contributed by atoms with van der Waals surface area (Å²) in [6, 6.07) is -0.0449. The highest BCUT2D eigenvalue weighted by atomic mass is 35.5. The maximum absolute atomic E-state index is 11.5. The average Bonchev–Trinajstić information content (AvgIpc) is 1.96. The van der Waals surface area contributed by atoms with Crippen LogP contribution in [-0.4, -0.2) is 23.6 Å². The van der Waals surface area contributed by atoms with E-state index in [-0.39, 0.29) is 11.5 Å². The summed E-state index contributed by atoms with van der Waals surface area (Å²) in [4.78, 5) is 11.5. The van der Waals surface area contributed by atoms with E-state index in [1.807, 2.05) is 20.8 Å². The van der Waals surface area contributed by atoms with Crippen LogP contribution < -0.4 is 5.32 Å².